The van der Waals surface area contributed by atoms with Crippen LogP contribution in [0.15, 0.2) is 42.1 Å². The Hall–Kier alpha value is -1.57. The quantitative estimate of drug-likeness (QED) is 0.793. The largest absolute Gasteiger partial charge is 0.391 e. The molecule has 1 N–H and O–H groups in total. The zero-order chi connectivity index (χ0) is 10.5. The lowest BCUT2D eigenvalue weighted by Crippen LogP contribution is -2.06. The van der Waals surface area contributed by atoms with Crippen molar-refractivity contribution in [1.82, 2.24) is 5.32 Å². The first-order chi connectivity index (χ1) is 7.36. The van der Waals surface area contributed by atoms with E-state index < -0.39 is 0 Å². The van der Waals surface area contributed by atoms with E-state index in [0.29, 0.717) is 6.42 Å². The highest BCUT2D eigenvalue weighted by Gasteiger charge is 2.12. The number of rotatable bonds is 2. The van der Waals surface area contributed by atoms with E-state index in [0.717, 1.165) is 25.0 Å². The third-order valence-electron chi connectivity index (χ3n) is 2.60. The highest BCUT2D eigenvalue weighted by Crippen LogP contribution is 2.12. The van der Waals surface area contributed by atoms with Crippen molar-refractivity contribution in [3.63, 3.8) is 0 Å². The van der Waals surface area contributed by atoms with Gasteiger partial charge in [-0.1, -0.05) is 30.3 Å². The molecular formula is C13H15NO. The molecule has 1 heterocycles. The fourth-order valence-electron chi connectivity index (χ4n) is 1.75. The van der Waals surface area contributed by atoms with E-state index in [1.54, 1.807) is 0 Å². The maximum Gasteiger partial charge on any atom is 0.160 e. The summed E-state index contributed by atoms with van der Waals surface area (Å²) in [7, 11) is 0. The Morgan fingerprint density at radius 1 is 1.20 bits per heavy atom. The Kier molecular flexibility index (Phi) is 3.18. The summed E-state index contributed by atoms with van der Waals surface area (Å²) in [6.45, 7) is 0.907. The summed E-state index contributed by atoms with van der Waals surface area (Å²) in [5.74, 6) is 0.281. The van der Waals surface area contributed by atoms with Crippen molar-refractivity contribution in [3.05, 3.63) is 47.7 Å². The molecule has 2 heteroatoms. The number of benzene rings is 1. The number of carbonyl (C=O) groups is 1. The van der Waals surface area contributed by atoms with Crippen LogP contribution >= 0.6 is 0 Å². The molecular weight excluding hydrogens is 186 g/mol. The van der Waals surface area contributed by atoms with Crippen molar-refractivity contribution in [1.29, 1.82) is 0 Å². The number of ketones is 1. The normalized spacial score (nSPS) is 16.5. The van der Waals surface area contributed by atoms with Crippen LogP contribution in [0.5, 0.6) is 0 Å². The molecule has 2 rings (SSSR count). The van der Waals surface area contributed by atoms with Crippen LogP contribution in [0.3, 0.4) is 0 Å². The number of carbonyl (C=O) groups excluding carboxylic acids is 1. The molecule has 0 unspecified atom stereocenters. The lowest BCUT2D eigenvalue weighted by molar-refractivity contribution is -0.115. The highest BCUT2D eigenvalue weighted by atomic mass is 16.1. The number of allylic oxidation sites excluding steroid dienone is 1. The molecule has 1 aliphatic heterocycles. The van der Waals surface area contributed by atoms with E-state index in [9.17, 15) is 4.79 Å². The minimum atomic E-state index is 0.281. The van der Waals surface area contributed by atoms with E-state index >= 15 is 0 Å². The van der Waals surface area contributed by atoms with Crippen molar-refractivity contribution in [2.75, 3.05) is 6.54 Å². The smallest absolute Gasteiger partial charge is 0.160 e. The lowest BCUT2D eigenvalue weighted by atomic mass is 10.0. The summed E-state index contributed by atoms with van der Waals surface area (Å²) in [5, 5.41) is 3.17. The van der Waals surface area contributed by atoms with Gasteiger partial charge in [0.25, 0.3) is 0 Å². The molecule has 1 aromatic carbocycles. The molecule has 0 saturated carbocycles. The minimum Gasteiger partial charge on any atom is -0.391 e. The van der Waals surface area contributed by atoms with Crippen LogP contribution in [0, 0.1) is 0 Å². The standard InChI is InChI=1S/C13H15NO/c15-13-7-4-8-14-10-12(13)9-11-5-2-1-3-6-11/h1-3,5-6,10,14H,4,7-9H2. The first-order valence-corrected chi connectivity index (χ1v) is 5.36. The maximum absolute atomic E-state index is 11.7. The molecule has 0 spiro atoms. The van der Waals surface area contributed by atoms with Crippen LogP contribution < -0.4 is 5.32 Å². The van der Waals surface area contributed by atoms with Crippen molar-refractivity contribution in [3.8, 4) is 0 Å². The second-order valence-corrected chi connectivity index (χ2v) is 3.81. The van der Waals surface area contributed by atoms with Crippen LogP contribution in [0.25, 0.3) is 0 Å². The summed E-state index contributed by atoms with van der Waals surface area (Å²) >= 11 is 0. The van der Waals surface area contributed by atoms with Gasteiger partial charge in [-0.15, -0.1) is 0 Å². The number of hydrogen-bond donors (Lipinski definition) is 1. The van der Waals surface area contributed by atoms with Gasteiger partial charge in [0, 0.05) is 31.2 Å². The van der Waals surface area contributed by atoms with Gasteiger partial charge in [-0.2, -0.15) is 0 Å². The van der Waals surface area contributed by atoms with E-state index in [4.69, 9.17) is 0 Å². The minimum absolute atomic E-state index is 0.281. The Bertz CT molecular complexity index is 367. The van der Waals surface area contributed by atoms with Crippen LogP contribution in [-0.4, -0.2) is 12.3 Å². The molecule has 0 radical (unpaired) electrons. The molecule has 0 atom stereocenters. The van der Waals surface area contributed by atoms with Crippen LogP contribution in [0.4, 0.5) is 0 Å². The highest BCUT2D eigenvalue weighted by molar-refractivity contribution is 5.95. The van der Waals surface area contributed by atoms with Gasteiger partial charge < -0.3 is 5.32 Å². The second-order valence-electron chi connectivity index (χ2n) is 3.81. The summed E-state index contributed by atoms with van der Waals surface area (Å²) < 4.78 is 0. The van der Waals surface area contributed by atoms with Crippen molar-refractivity contribution in [2.45, 2.75) is 19.3 Å². The van der Waals surface area contributed by atoms with Gasteiger partial charge in [0.2, 0.25) is 0 Å². The first-order valence-electron chi connectivity index (χ1n) is 5.36. The Balaban J connectivity index is 2.10. The third kappa shape index (κ3) is 2.69. The Morgan fingerprint density at radius 2 is 2.00 bits per heavy atom. The molecule has 1 aromatic rings. The Morgan fingerprint density at radius 3 is 2.80 bits per heavy atom. The fraction of sp³-hybridized carbons (Fsp3) is 0.308. The van der Waals surface area contributed by atoms with Gasteiger partial charge in [0.15, 0.2) is 5.78 Å². The van der Waals surface area contributed by atoms with Gasteiger partial charge >= 0.3 is 0 Å². The number of Topliss-reactive ketones (excluding diaryl/α,β-unsaturated/α-hetero) is 1. The predicted molar refractivity (Wildman–Crippen MR) is 60.5 cm³/mol. The van der Waals surface area contributed by atoms with Crippen LogP contribution in [0.2, 0.25) is 0 Å². The van der Waals surface area contributed by atoms with Gasteiger partial charge in [0.05, 0.1) is 0 Å². The van der Waals surface area contributed by atoms with Crippen LogP contribution in [-0.2, 0) is 11.2 Å². The zero-order valence-electron chi connectivity index (χ0n) is 8.70. The summed E-state index contributed by atoms with van der Waals surface area (Å²) in [6.07, 6.45) is 4.23. The summed E-state index contributed by atoms with van der Waals surface area (Å²) in [4.78, 5) is 11.7. The first kappa shape index (κ1) is 9.97. The number of nitrogens with one attached hydrogen (secondary N) is 1. The van der Waals surface area contributed by atoms with E-state index in [2.05, 4.69) is 17.4 Å². The molecule has 0 aromatic heterocycles. The maximum atomic E-state index is 11.7. The van der Waals surface area contributed by atoms with Crippen molar-refractivity contribution in [2.24, 2.45) is 0 Å². The lowest BCUT2D eigenvalue weighted by Gasteiger charge is -2.03. The molecule has 78 valence electrons. The van der Waals surface area contributed by atoms with Crippen LogP contribution in [0.1, 0.15) is 18.4 Å². The summed E-state index contributed by atoms with van der Waals surface area (Å²) in [5.41, 5.74) is 2.10. The van der Waals surface area contributed by atoms with Gasteiger partial charge in [-0.05, 0) is 12.0 Å². The molecule has 0 aliphatic carbocycles. The predicted octanol–water partition coefficient (Wildman–Crippen LogP) is 2.07. The summed E-state index contributed by atoms with van der Waals surface area (Å²) in [6, 6.07) is 10.1. The average molecular weight is 201 g/mol. The van der Waals surface area contributed by atoms with E-state index in [-0.39, 0.29) is 5.78 Å². The van der Waals surface area contributed by atoms with E-state index in [1.165, 1.54) is 5.56 Å². The average Bonchev–Trinajstić information content (AvgIpc) is 2.46. The SMILES string of the molecule is O=C1CCCNC=C1Cc1ccccc1. The molecule has 0 amide bonds. The molecule has 0 fully saturated rings. The molecule has 15 heavy (non-hydrogen) atoms. The fourth-order valence-corrected chi connectivity index (χ4v) is 1.75. The molecule has 0 bridgehead atoms. The molecule has 2 nitrogen and oxygen atoms in total. The van der Waals surface area contributed by atoms with Crippen molar-refractivity contribution >= 4 is 5.78 Å². The van der Waals surface area contributed by atoms with Gasteiger partial charge in [-0.3, -0.25) is 4.79 Å². The van der Waals surface area contributed by atoms with Gasteiger partial charge in [-0.25, -0.2) is 0 Å². The molecule has 0 saturated heterocycles. The van der Waals surface area contributed by atoms with E-state index in [1.807, 2.05) is 24.4 Å². The third-order valence-corrected chi connectivity index (χ3v) is 2.60. The molecule has 1 aliphatic rings. The topological polar surface area (TPSA) is 29.1 Å². The number of hydrogen-bond acceptors (Lipinski definition) is 2. The monoisotopic (exact) mass is 201 g/mol. The van der Waals surface area contributed by atoms with Gasteiger partial charge in [0.1, 0.15) is 0 Å². The zero-order valence-corrected chi connectivity index (χ0v) is 8.70. The second kappa shape index (κ2) is 4.78. The Labute approximate surface area is 90.0 Å². The van der Waals surface area contributed by atoms with Crippen molar-refractivity contribution < 1.29 is 4.79 Å².